The third-order valence-corrected chi connectivity index (χ3v) is 4.03. The van der Waals surface area contributed by atoms with Crippen LogP contribution in [0.15, 0.2) is 29.6 Å². The summed E-state index contributed by atoms with van der Waals surface area (Å²) in [6, 6.07) is 5.85. The van der Waals surface area contributed by atoms with E-state index in [1.165, 1.54) is 11.8 Å². The first kappa shape index (κ1) is 17.3. The summed E-state index contributed by atoms with van der Waals surface area (Å²) in [7, 11) is 3.85. The van der Waals surface area contributed by atoms with E-state index in [4.69, 9.17) is 0 Å². The van der Waals surface area contributed by atoms with E-state index < -0.39 is 0 Å². The monoisotopic (exact) mass is 334 g/mol. The molecule has 2 aromatic heterocycles. The van der Waals surface area contributed by atoms with Crippen molar-refractivity contribution in [2.75, 3.05) is 24.7 Å². The van der Waals surface area contributed by atoms with Crippen LogP contribution >= 0.6 is 11.8 Å². The number of hydrogen-bond donors (Lipinski definition) is 1. The Morgan fingerprint density at radius 1 is 1.35 bits per heavy atom. The highest BCUT2D eigenvalue weighted by Crippen LogP contribution is 2.25. The van der Waals surface area contributed by atoms with Crippen molar-refractivity contribution in [3.8, 4) is 0 Å². The molecule has 7 nitrogen and oxygen atoms in total. The highest BCUT2D eigenvalue weighted by molar-refractivity contribution is 7.99. The normalized spacial score (nSPS) is 10.8. The van der Waals surface area contributed by atoms with E-state index in [0.717, 1.165) is 16.8 Å². The maximum atomic E-state index is 12.0. The van der Waals surface area contributed by atoms with Crippen molar-refractivity contribution in [3.05, 3.63) is 30.1 Å². The molecular weight excluding hydrogens is 312 g/mol. The molecule has 8 heteroatoms. The molecule has 0 aliphatic carbocycles. The zero-order valence-corrected chi connectivity index (χ0v) is 14.7. The van der Waals surface area contributed by atoms with E-state index in [9.17, 15) is 4.79 Å². The lowest BCUT2D eigenvalue weighted by molar-refractivity contribution is -0.118. The van der Waals surface area contributed by atoms with Gasteiger partial charge < -0.3 is 10.2 Å². The van der Waals surface area contributed by atoms with Gasteiger partial charge in [-0.2, -0.15) is 0 Å². The number of pyridine rings is 1. The molecule has 0 aliphatic rings. The molecule has 2 rings (SSSR count). The molecule has 0 fully saturated rings. The van der Waals surface area contributed by atoms with Gasteiger partial charge in [-0.25, -0.2) is 0 Å². The first-order valence-electron chi connectivity index (χ1n) is 7.40. The average molecular weight is 334 g/mol. The van der Waals surface area contributed by atoms with Gasteiger partial charge in [0.25, 0.3) is 0 Å². The summed E-state index contributed by atoms with van der Waals surface area (Å²) in [6.07, 6.45) is 1.71. The molecule has 0 bridgehead atoms. The molecule has 124 valence electrons. The third kappa shape index (κ3) is 4.69. The van der Waals surface area contributed by atoms with E-state index in [-0.39, 0.29) is 11.9 Å². The quantitative estimate of drug-likeness (QED) is 0.777. The topological polar surface area (TPSA) is 75.9 Å². The molecule has 0 radical (unpaired) electrons. The van der Waals surface area contributed by atoms with Gasteiger partial charge in [-0.05, 0) is 26.0 Å². The van der Waals surface area contributed by atoms with Gasteiger partial charge in [0.15, 0.2) is 5.16 Å². The summed E-state index contributed by atoms with van der Waals surface area (Å²) >= 11 is 1.39. The number of thioether (sulfide) groups is 1. The molecule has 1 amide bonds. The molecule has 0 unspecified atom stereocenters. The fourth-order valence-electron chi connectivity index (χ4n) is 2.00. The predicted octanol–water partition coefficient (Wildman–Crippen LogP) is 1.73. The number of hydrogen-bond acceptors (Lipinski definition) is 6. The lowest BCUT2D eigenvalue weighted by Gasteiger charge is -2.17. The molecule has 0 atom stereocenters. The van der Waals surface area contributed by atoms with Gasteiger partial charge in [-0.3, -0.25) is 14.3 Å². The Hall–Kier alpha value is -2.09. The van der Waals surface area contributed by atoms with Crippen LogP contribution in [0.3, 0.4) is 0 Å². The summed E-state index contributed by atoms with van der Waals surface area (Å²) in [5.74, 6) is 1.03. The Balaban J connectivity index is 1.91. The van der Waals surface area contributed by atoms with Crippen LogP contribution in [0.4, 0.5) is 5.95 Å². The second-order valence-electron chi connectivity index (χ2n) is 5.53. The highest BCUT2D eigenvalue weighted by atomic mass is 32.2. The lowest BCUT2D eigenvalue weighted by Crippen LogP contribution is -2.25. The van der Waals surface area contributed by atoms with Crippen molar-refractivity contribution < 1.29 is 4.79 Å². The van der Waals surface area contributed by atoms with Crippen LogP contribution in [-0.4, -0.2) is 45.5 Å². The molecule has 23 heavy (non-hydrogen) atoms. The maximum Gasteiger partial charge on any atom is 0.230 e. The minimum atomic E-state index is -0.0506. The summed E-state index contributed by atoms with van der Waals surface area (Å²) in [5.41, 5.74) is 0.839. The molecular formula is C15H22N6OS. The third-order valence-electron chi connectivity index (χ3n) is 3.09. The number of aromatic nitrogens is 4. The van der Waals surface area contributed by atoms with Crippen molar-refractivity contribution in [1.82, 2.24) is 25.1 Å². The van der Waals surface area contributed by atoms with Gasteiger partial charge in [0.1, 0.15) is 0 Å². The van der Waals surface area contributed by atoms with Crippen molar-refractivity contribution >= 4 is 23.6 Å². The van der Waals surface area contributed by atoms with Gasteiger partial charge in [-0.15, -0.1) is 10.2 Å². The Bertz CT molecular complexity index is 641. The molecule has 0 aromatic carbocycles. The Kier molecular flexibility index (Phi) is 5.97. The Morgan fingerprint density at radius 3 is 2.74 bits per heavy atom. The summed E-state index contributed by atoms with van der Waals surface area (Å²) in [6.45, 7) is 4.57. The largest absolute Gasteiger partial charge is 0.350 e. The first-order valence-corrected chi connectivity index (χ1v) is 8.39. The number of carbonyl (C=O) groups excluding carboxylic acids is 1. The van der Waals surface area contributed by atoms with Crippen LogP contribution in [0, 0.1) is 0 Å². The van der Waals surface area contributed by atoms with E-state index >= 15 is 0 Å². The molecule has 0 saturated heterocycles. The highest BCUT2D eigenvalue weighted by Gasteiger charge is 2.17. The summed E-state index contributed by atoms with van der Waals surface area (Å²) in [5, 5.41) is 12.0. The number of carbonyl (C=O) groups is 1. The van der Waals surface area contributed by atoms with E-state index in [2.05, 4.69) is 34.3 Å². The van der Waals surface area contributed by atoms with Gasteiger partial charge in [0, 0.05) is 26.3 Å². The van der Waals surface area contributed by atoms with Crippen molar-refractivity contribution in [3.63, 3.8) is 0 Å². The minimum Gasteiger partial charge on any atom is -0.350 e. The molecule has 0 spiro atoms. The second kappa shape index (κ2) is 7.96. The first-order chi connectivity index (χ1) is 11.0. The van der Waals surface area contributed by atoms with E-state index in [0.29, 0.717) is 12.3 Å². The SMILES string of the molecule is CC(C)n1c(SCC(=O)NCc2ccccn2)nnc1N(C)C. The number of nitrogens with one attached hydrogen (secondary N) is 1. The maximum absolute atomic E-state index is 12.0. The van der Waals surface area contributed by atoms with Crippen LogP contribution in [-0.2, 0) is 11.3 Å². The lowest BCUT2D eigenvalue weighted by atomic mass is 10.3. The van der Waals surface area contributed by atoms with Crippen molar-refractivity contribution in [1.29, 1.82) is 0 Å². The number of nitrogens with zero attached hydrogens (tertiary/aromatic N) is 5. The Labute approximate surface area is 140 Å². The Morgan fingerprint density at radius 2 is 2.13 bits per heavy atom. The van der Waals surface area contributed by atoms with E-state index in [1.54, 1.807) is 6.20 Å². The standard InChI is InChI=1S/C15H22N6OS/c1-11(2)21-14(20(3)4)18-19-15(21)23-10-13(22)17-9-12-7-5-6-8-16-12/h5-8,11H,9-10H2,1-4H3,(H,17,22). The van der Waals surface area contributed by atoms with Gasteiger partial charge >= 0.3 is 0 Å². The minimum absolute atomic E-state index is 0.0506. The number of amides is 1. The number of rotatable bonds is 7. The van der Waals surface area contributed by atoms with Gasteiger partial charge in [0.05, 0.1) is 18.0 Å². The zero-order valence-electron chi connectivity index (χ0n) is 13.9. The second-order valence-corrected chi connectivity index (χ2v) is 6.47. The van der Waals surface area contributed by atoms with Crippen LogP contribution in [0.25, 0.3) is 0 Å². The molecule has 0 aliphatic heterocycles. The number of anilines is 1. The van der Waals surface area contributed by atoms with Crippen molar-refractivity contribution in [2.24, 2.45) is 0 Å². The van der Waals surface area contributed by atoms with Gasteiger partial charge in [-0.1, -0.05) is 17.8 Å². The van der Waals surface area contributed by atoms with Gasteiger partial charge in [0.2, 0.25) is 11.9 Å². The van der Waals surface area contributed by atoms with E-state index in [1.807, 2.05) is 41.8 Å². The fraction of sp³-hybridized carbons (Fsp3) is 0.467. The predicted molar refractivity (Wildman–Crippen MR) is 91.5 cm³/mol. The summed E-state index contributed by atoms with van der Waals surface area (Å²) < 4.78 is 2.02. The smallest absolute Gasteiger partial charge is 0.230 e. The van der Waals surface area contributed by atoms with Crippen LogP contribution in [0.5, 0.6) is 0 Å². The van der Waals surface area contributed by atoms with Crippen LogP contribution in [0.2, 0.25) is 0 Å². The van der Waals surface area contributed by atoms with Crippen molar-refractivity contribution in [2.45, 2.75) is 31.6 Å². The molecule has 1 N–H and O–H groups in total. The molecule has 2 aromatic rings. The molecule has 0 saturated carbocycles. The average Bonchev–Trinajstić information content (AvgIpc) is 2.96. The fourth-order valence-corrected chi connectivity index (χ4v) is 2.89. The van der Waals surface area contributed by atoms with Crippen LogP contribution in [0.1, 0.15) is 25.6 Å². The zero-order chi connectivity index (χ0) is 16.8. The molecule has 2 heterocycles. The van der Waals surface area contributed by atoms with Crippen LogP contribution < -0.4 is 10.2 Å². The summed E-state index contributed by atoms with van der Waals surface area (Å²) in [4.78, 5) is 18.1.